The van der Waals surface area contributed by atoms with E-state index in [0.717, 1.165) is 27.6 Å². The fourth-order valence-electron chi connectivity index (χ4n) is 2.46. The highest BCUT2D eigenvalue weighted by Crippen LogP contribution is 2.33. The fraction of sp³-hybridized carbons (Fsp3) is 0.105. The Bertz CT molecular complexity index is 820. The first kappa shape index (κ1) is 14.1. The van der Waals surface area contributed by atoms with Gasteiger partial charge in [0.1, 0.15) is 11.5 Å². The minimum atomic E-state index is -0.835. The van der Waals surface area contributed by atoms with Gasteiger partial charge in [-0.2, -0.15) is 0 Å². The second-order valence-corrected chi connectivity index (χ2v) is 5.25. The molecule has 0 amide bonds. The molecule has 3 aromatic rings. The molecule has 0 aliphatic carbocycles. The number of benzene rings is 3. The van der Waals surface area contributed by atoms with Gasteiger partial charge in [0.25, 0.3) is 0 Å². The van der Waals surface area contributed by atoms with E-state index in [1.807, 2.05) is 31.2 Å². The van der Waals surface area contributed by atoms with Crippen LogP contribution in [0.15, 0.2) is 60.7 Å². The summed E-state index contributed by atoms with van der Waals surface area (Å²) in [6.07, 6.45) is 0.0214. The van der Waals surface area contributed by atoms with E-state index in [9.17, 15) is 4.79 Å². The monoisotopic (exact) mass is 292 g/mol. The van der Waals surface area contributed by atoms with Crippen molar-refractivity contribution in [3.63, 3.8) is 0 Å². The number of aliphatic carboxylic acids is 1. The van der Waals surface area contributed by atoms with Gasteiger partial charge in [0.05, 0.1) is 6.42 Å². The van der Waals surface area contributed by atoms with Crippen LogP contribution in [0.2, 0.25) is 0 Å². The molecule has 0 saturated carbocycles. The van der Waals surface area contributed by atoms with Gasteiger partial charge in [-0.3, -0.25) is 4.79 Å². The normalized spacial score (nSPS) is 10.6. The number of aryl methyl sites for hydroxylation is 1. The van der Waals surface area contributed by atoms with Crippen LogP contribution in [0.1, 0.15) is 11.1 Å². The Morgan fingerprint density at radius 3 is 2.45 bits per heavy atom. The largest absolute Gasteiger partial charge is 0.481 e. The molecule has 0 radical (unpaired) electrons. The van der Waals surface area contributed by atoms with E-state index >= 15 is 0 Å². The highest BCUT2D eigenvalue weighted by atomic mass is 16.5. The number of ether oxygens (including phenoxy) is 1. The van der Waals surface area contributed by atoms with E-state index in [0.29, 0.717) is 5.75 Å². The number of carbonyl (C=O) groups is 1. The molecular weight excluding hydrogens is 276 g/mol. The maximum absolute atomic E-state index is 10.7. The third-order valence-corrected chi connectivity index (χ3v) is 3.58. The van der Waals surface area contributed by atoms with Crippen LogP contribution < -0.4 is 4.74 Å². The number of fused-ring (bicyclic) bond motifs is 1. The Morgan fingerprint density at radius 2 is 1.73 bits per heavy atom. The average Bonchev–Trinajstić information content (AvgIpc) is 2.51. The molecule has 3 heteroatoms. The summed E-state index contributed by atoms with van der Waals surface area (Å²) in [6.45, 7) is 2.01. The quantitative estimate of drug-likeness (QED) is 0.766. The summed E-state index contributed by atoms with van der Waals surface area (Å²) in [5.74, 6) is 0.705. The van der Waals surface area contributed by atoms with Crippen molar-refractivity contribution >= 4 is 16.7 Å². The molecule has 0 saturated heterocycles. The number of carboxylic acids is 1. The lowest BCUT2D eigenvalue weighted by molar-refractivity contribution is -0.136. The highest BCUT2D eigenvalue weighted by molar-refractivity contribution is 5.89. The highest BCUT2D eigenvalue weighted by Gasteiger charge is 2.07. The molecule has 0 aromatic heterocycles. The van der Waals surface area contributed by atoms with E-state index in [4.69, 9.17) is 9.84 Å². The molecule has 0 unspecified atom stereocenters. The molecule has 0 heterocycles. The predicted octanol–water partition coefficient (Wildman–Crippen LogP) is 4.57. The zero-order valence-electron chi connectivity index (χ0n) is 12.2. The Hall–Kier alpha value is -2.81. The molecule has 0 aliphatic rings. The second kappa shape index (κ2) is 5.90. The molecule has 3 aromatic carbocycles. The molecule has 0 aliphatic heterocycles. The van der Waals surface area contributed by atoms with Gasteiger partial charge in [0.2, 0.25) is 0 Å². The van der Waals surface area contributed by atoms with E-state index in [2.05, 4.69) is 12.1 Å². The minimum Gasteiger partial charge on any atom is -0.481 e. The van der Waals surface area contributed by atoms with Gasteiger partial charge < -0.3 is 9.84 Å². The van der Waals surface area contributed by atoms with Crippen molar-refractivity contribution < 1.29 is 14.6 Å². The minimum absolute atomic E-state index is 0.0214. The van der Waals surface area contributed by atoms with E-state index in [1.54, 1.807) is 24.3 Å². The van der Waals surface area contributed by atoms with Crippen LogP contribution in [0, 0.1) is 6.92 Å². The first-order chi connectivity index (χ1) is 10.6. The van der Waals surface area contributed by atoms with Crippen molar-refractivity contribution in [2.45, 2.75) is 13.3 Å². The Morgan fingerprint density at radius 1 is 1.00 bits per heavy atom. The molecule has 1 N–H and O–H groups in total. The average molecular weight is 292 g/mol. The molecule has 0 bridgehead atoms. The van der Waals surface area contributed by atoms with E-state index < -0.39 is 5.97 Å². The summed E-state index contributed by atoms with van der Waals surface area (Å²) in [6, 6.07) is 19.4. The summed E-state index contributed by atoms with van der Waals surface area (Å²) in [5.41, 5.74) is 1.82. The lowest BCUT2D eigenvalue weighted by Crippen LogP contribution is -1.99. The second-order valence-electron chi connectivity index (χ2n) is 5.25. The van der Waals surface area contributed by atoms with Gasteiger partial charge >= 0.3 is 5.97 Å². The number of hydrogen-bond donors (Lipinski definition) is 1. The van der Waals surface area contributed by atoms with E-state index in [1.165, 1.54) is 0 Å². The van der Waals surface area contributed by atoms with Crippen molar-refractivity contribution in [1.82, 2.24) is 0 Å². The van der Waals surface area contributed by atoms with Gasteiger partial charge in [0, 0.05) is 5.39 Å². The Balaban J connectivity index is 1.93. The van der Waals surface area contributed by atoms with Crippen molar-refractivity contribution in [2.24, 2.45) is 0 Å². The Kier molecular flexibility index (Phi) is 3.79. The van der Waals surface area contributed by atoms with Crippen LogP contribution in [-0.4, -0.2) is 11.1 Å². The maximum Gasteiger partial charge on any atom is 0.307 e. The van der Waals surface area contributed by atoms with E-state index in [-0.39, 0.29) is 6.42 Å². The molecule has 0 atom stereocenters. The Labute approximate surface area is 128 Å². The third kappa shape index (κ3) is 2.93. The van der Waals surface area contributed by atoms with Gasteiger partial charge in [-0.1, -0.05) is 48.5 Å². The summed E-state index contributed by atoms with van der Waals surface area (Å²) >= 11 is 0. The number of hydrogen-bond acceptors (Lipinski definition) is 2. The zero-order valence-corrected chi connectivity index (χ0v) is 12.2. The molecule has 22 heavy (non-hydrogen) atoms. The number of carboxylic acid groups (broad SMARTS) is 1. The summed E-state index contributed by atoms with van der Waals surface area (Å²) in [4.78, 5) is 10.7. The van der Waals surface area contributed by atoms with Crippen molar-refractivity contribution in [1.29, 1.82) is 0 Å². The van der Waals surface area contributed by atoms with Crippen LogP contribution >= 0.6 is 0 Å². The first-order valence-corrected chi connectivity index (χ1v) is 7.10. The SMILES string of the molecule is Cc1ccc2ccccc2c1Oc1ccc(CC(=O)O)cc1. The smallest absolute Gasteiger partial charge is 0.307 e. The molecular formula is C19H16O3. The van der Waals surface area contributed by atoms with Crippen LogP contribution in [-0.2, 0) is 11.2 Å². The van der Waals surface area contributed by atoms with Gasteiger partial charge in [0.15, 0.2) is 0 Å². The van der Waals surface area contributed by atoms with Gasteiger partial charge in [-0.15, -0.1) is 0 Å². The molecule has 0 fully saturated rings. The lowest BCUT2D eigenvalue weighted by atomic mass is 10.1. The predicted molar refractivity (Wildman–Crippen MR) is 86.5 cm³/mol. The lowest BCUT2D eigenvalue weighted by Gasteiger charge is -2.12. The van der Waals surface area contributed by atoms with Crippen LogP contribution in [0.25, 0.3) is 10.8 Å². The molecule has 110 valence electrons. The van der Waals surface area contributed by atoms with Gasteiger partial charge in [-0.05, 0) is 35.6 Å². The maximum atomic E-state index is 10.7. The zero-order chi connectivity index (χ0) is 15.5. The summed E-state index contributed by atoms with van der Waals surface area (Å²) < 4.78 is 6.03. The number of rotatable bonds is 4. The van der Waals surface area contributed by atoms with Crippen LogP contribution in [0.5, 0.6) is 11.5 Å². The van der Waals surface area contributed by atoms with Crippen molar-refractivity contribution in [3.8, 4) is 11.5 Å². The summed E-state index contributed by atoms with van der Waals surface area (Å²) in [7, 11) is 0. The third-order valence-electron chi connectivity index (χ3n) is 3.58. The fourth-order valence-corrected chi connectivity index (χ4v) is 2.46. The standard InChI is InChI=1S/C19H16O3/c1-13-6-9-15-4-2-3-5-17(15)19(13)22-16-10-7-14(8-11-16)12-18(20)21/h2-11H,12H2,1H3,(H,20,21). The summed E-state index contributed by atoms with van der Waals surface area (Å²) in [5, 5.41) is 11.0. The topological polar surface area (TPSA) is 46.5 Å². The van der Waals surface area contributed by atoms with Crippen LogP contribution in [0.4, 0.5) is 0 Å². The van der Waals surface area contributed by atoms with Gasteiger partial charge in [-0.25, -0.2) is 0 Å². The molecule has 0 spiro atoms. The molecule has 3 rings (SSSR count). The molecule has 3 nitrogen and oxygen atoms in total. The van der Waals surface area contributed by atoms with Crippen molar-refractivity contribution in [3.05, 3.63) is 71.8 Å². The first-order valence-electron chi connectivity index (χ1n) is 7.10. The van der Waals surface area contributed by atoms with Crippen molar-refractivity contribution in [2.75, 3.05) is 0 Å². The van der Waals surface area contributed by atoms with Crippen LogP contribution in [0.3, 0.4) is 0 Å².